The van der Waals surface area contributed by atoms with Crippen molar-refractivity contribution in [2.45, 2.75) is 77.4 Å². The topological polar surface area (TPSA) is 90.5 Å². The van der Waals surface area contributed by atoms with Crippen LogP contribution < -0.4 is 11.2 Å². The average Bonchev–Trinajstić information content (AvgIpc) is 2.84. The number of carbonyl (C=O) groups excluding carboxylic acids is 1. The Balaban J connectivity index is 0.000000208. The lowest BCUT2D eigenvalue weighted by molar-refractivity contribution is -0.141. The van der Waals surface area contributed by atoms with Crippen LogP contribution in [0.4, 0.5) is 0 Å². The number of carbonyl (C=O) groups is 1. The van der Waals surface area contributed by atoms with Crippen LogP contribution in [0.25, 0.3) is 0 Å². The van der Waals surface area contributed by atoms with E-state index in [1.807, 2.05) is 27.7 Å². The summed E-state index contributed by atoms with van der Waals surface area (Å²) in [7, 11) is 0.986. The third-order valence-corrected chi connectivity index (χ3v) is 5.63. The fourth-order valence-corrected chi connectivity index (χ4v) is 3.17. The highest BCUT2D eigenvalue weighted by atomic mass is 16.7. The van der Waals surface area contributed by atoms with E-state index in [9.17, 15) is 9.59 Å². The predicted octanol–water partition coefficient (Wildman–Crippen LogP) is 2.20. The number of methoxy groups -OCH3 is 1. The van der Waals surface area contributed by atoms with Gasteiger partial charge in [0, 0.05) is 24.3 Å². The summed E-state index contributed by atoms with van der Waals surface area (Å²) in [6.45, 7) is 7.91. The number of ether oxygens (including phenoxy) is 1. The van der Waals surface area contributed by atoms with Gasteiger partial charge in [0.2, 0.25) is 0 Å². The molecule has 1 saturated heterocycles. The van der Waals surface area contributed by atoms with Gasteiger partial charge in [0.15, 0.2) is 0 Å². The van der Waals surface area contributed by atoms with Gasteiger partial charge in [0.1, 0.15) is 0 Å². The van der Waals surface area contributed by atoms with Crippen molar-refractivity contribution in [2.24, 2.45) is 5.92 Å². The van der Waals surface area contributed by atoms with Gasteiger partial charge >= 0.3 is 18.8 Å². The number of aromatic amines is 1. The van der Waals surface area contributed by atoms with Crippen molar-refractivity contribution in [2.75, 3.05) is 7.11 Å². The highest BCUT2D eigenvalue weighted by molar-refractivity contribution is 6.61. The van der Waals surface area contributed by atoms with Crippen molar-refractivity contribution in [1.29, 1.82) is 0 Å². The van der Waals surface area contributed by atoms with E-state index >= 15 is 0 Å². The first-order valence-electron chi connectivity index (χ1n) is 9.62. The smallest absolute Gasteiger partial charge is 0.469 e. The quantitative estimate of drug-likeness (QED) is 0.641. The number of hydrogen-bond acceptors (Lipinski definition) is 6. The Labute approximate surface area is 161 Å². The molecule has 2 heterocycles. The second-order valence-corrected chi connectivity index (χ2v) is 8.22. The summed E-state index contributed by atoms with van der Waals surface area (Å²) < 4.78 is 16.2. The van der Waals surface area contributed by atoms with Crippen LogP contribution in [0.1, 0.15) is 66.2 Å². The maximum atomic E-state index is 10.9. The number of H-pyrrole nitrogens is 1. The van der Waals surface area contributed by atoms with Gasteiger partial charge in [0.25, 0.3) is 0 Å². The molecule has 2 aliphatic rings. The molecule has 1 N–H and O–H groups in total. The summed E-state index contributed by atoms with van der Waals surface area (Å²) in [5, 5.41) is 0. The first-order valence-corrected chi connectivity index (χ1v) is 9.62. The predicted molar refractivity (Wildman–Crippen MR) is 104 cm³/mol. The third kappa shape index (κ3) is 5.91. The molecule has 8 heteroatoms. The summed E-state index contributed by atoms with van der Waals surface area (Å²) in [6.07, 6.45) is 10.0. The molecule has 0 spiro atoms. The number of hydrogen-bond donors (Lipinski definition) is 1. The summed E-state index contributed by atoms with van der Waals surface area (Å²) in [6, 6.07) is 0. The molecular weight excluding hydrogens is 347 g/mol. The molecule has 0 unspecified atom stereocenters. The first kappa shape index (κ1) is 21.6. The lowest BCUT2D eigenvalue weighted by Gasteiger charge is -2.32. The van der Waals surface area contributed by atoms with Crippen LogP contribution in [0.2, 0.25) is 0 Å². The Hall–Kier alpha value is -1.67. The van der Waals surface area contributed by atoms with Crippen LogP contribution in [0, 0.1) is 5.92 Å². The Kier molecular flexibility index (Phi) is 7.22. The maximum Gasteiger partial charge on any atom is 0.497 e. The molecule has 1 aliphatic carbocycles. The van der Waals surface area contributed by atoms with Gasteiger partial charge in [-0.3, -0.25) is 4.79 Å². The van der Waals surface area contributed by atoms with Crippen LogP contribution >= 0.6 is 0 Å². The summed E-state index contributed by atoms with van der Waals surface area (Å²) in [5.41, 5.74) is -0.416. The van der Waals surface area contributed by atoms with E-state index < -0.39 is 7.12 Å². The van der Waals surface area contributed by atoms with Gasteiger partial charge in [-0.1, -0.05) is 19.3 Å². The van der Waals surface area contributed by atoms with E-state index in [1.54, 1.807) is 6.20 Å². The zero-order valence-electron chi connectivity index (χ0n) is 17.0. The lowest BCUT2D eigenvalue weighted by atomic mass is 9.81. The van der Waals surface area contributed by atoms with Gasteiger partial charge in [-0.2, -0.15) is 0 Å². The summed E-state index contributed by atoms with van der Waals surface area (Å²) >= 11 is 0. The van der Waals surface area contributed by atoms with E-state index in [2.05, 4.69) is 14.7 Å². The van der Waals surface area contributed by atoms with Gasteiger partial charge in [-0.05, 0) is 46.5 Å². The number of aromatic nitrogens is 2. The molecule has 27 heavy (non-hydrogen) atoms. The molecule has 0 radical (unpaired) electrons. The van der Waals surface area contributed by atoms with Gasteiger partial charge in [-0.15, -0.1) is 0 Å². The molecule has 0 aromatic carbocycles. The van der Waals surface area contributed by atoms with Crippen LogP contribution in [0.15, 0.2) is 17.2 Å². The van der Waals surface area contributed by atoms with Gasteiger partial charge < -0.3 is 19.0 Å². The van der Waals surface area contributed by atoms with Crippen molar-refractivity contribution >= 4 is 18.6 Å². The number of rotatable bonds is 3. The fraction of sp³-hybridized carbons (Fsp3) is 0.737. The zero-order valence-corrected chi connectivity index (χ0v) is 17.0. The van der Waals surface area contributed by atoms with E-state index in [0.29, 0.717) is 12.3 Å². The van der Waals surface area contributed by atoms with Crippen LogP contribution in [-0.2, 0) is 18.8 Å². The molecule has 0 amide bonds. The highest BCUT2D eigenvalue weighted by Crippen LogP contribution is 2.36. The second-order valence-electron chi connectivity index (χ2n) is 8.22. The SMILES string of the molecule is CC1(C)OB(c2cnc(=O)[nH]c2)OC1(C)C.COC(=O)CC1CCCCC1. The Bertz CT molecular complexity index is 646. The molecular formula is C19H31BN2O5. The van der Waals surface area contributed by atoms with Crippen molar-refractivity contribution < 1.29 is 18.8 Å². The van der Waals surface area contributed by atoms with E-state index in [1.165, 1.54) is 45.4 Å². The molecule has 3 rings (SSSR count). The van der Waals surface area contributed by atoms with Gasteiger partial charge in [-0.25, -0.2) is 9.78 Å². The fourth-order valence-electron chi connectivity index (χ4n) is 3.17. The first-order chi connectivity index (χ1) is 12.6. The van der Waals surface area contributed by atoms with Crippen molar-refractivity contribution in [3.63, 3.8) is 0 Å². The number of esters is 1. The molecule has 2 fully saturated rings. The molecule has 1 saturated carbocycles. The van der Waals surface area contributed by atoms with Crippen molar-refractivity contribution in [3.8, 4) is 0 Å². The summed E-state index contributed by atoms with van der Waals surface area (Å²) in [5.74, 6) is 0.563. The van der Waals surface area contributed by atoms with Crippen molar-refractivity contribution in [1.82, 2.24) is 9.97 Å². The molecule has 0 bridgehead atoms. The highest BCUT2D eigenvalue weighted by Gasteiger charge is 2.51. The minimum absolute atomic E-state index is 0.0445. The largest absolute Gasteiger partial charge is 0.497 e. The average molecular weight is 378 g/mol. The minimum atomic E-state index is -0.477. The maximum absolute atomic E-state index is 10.9. The lowest BCUT2D eigenvalue weighted by Crippen LogP contribution is -2.41. The summed E-state index contributed by atoms with van der Waals surface area (Å²) in [4.78, 5) is 27.9. The Morgan fingerprint density at radius 1 is 1.22 bits per heavy atom. The molecule has 1 aromatic rings. The second kappa shape index (κ2) is 9.02. The molecule has 0 atom stereocenters. The van der Waals surface area contributed by atoms with Crippen LogP contribution in [0.3, 0.4) is 0 Å². The molecule has 1 aliphatic heterocycles. The normalized spacial score (nSPS) is 21.3. The number of nitrogens with zero attached hydrogens (tertiary/aromatic N) is 1. The van der Waals surface area contributed by atoms with E-state index in [-0.39, 0.29) is 22.9 Å². The van der Waals surface area contributed by atoms with Crippen molar-refractivity contribution in [3.05, 3.63) is 22.9 Å². The standard InChI is InChI=1S/C10H15BN2O3.C9H16O2/c1-9(2)10(3,4)16-11(15-9)7-5-12-8(14)13-6-7;1-11-9(10)7-8-5-3-2-4-6-8/h5-6H,1-4H3,(H,12,13,14);8H,2-7H2,1H3. The Morgan fingerprint density at radius 2 is 1.81 bits per heavy atom. The van der Waals surface area contributed by atoms with E-state index in [4.69, 9.17) is 9.31 Å². The Morgan fingerprint density at radius 3 is 2.30 bits per heavy atom. The van der Waals surface area contributed by atoms with Gasteiger partial charge in [0.05, 0.1) is 18.3 Å². The van der Waals surface area contributed by atoms with Crippen LogP contribution in [0.5, 0.6) is 0 Å². The number of nitrogens with one attached hydrogen (secondary N) is 1. The third-order valence-electron chi connectivity index (χ3n) is 5.63. The molecule has 7 nitrogen and oxygen atoms in total. The molecule has 1 aromatic heterocycles. The van der Waals surface area contributed by atoms with Crippen LogP contribution in [-0.4, -0.2) is 41.4 Å². The molecule has 150 valence electrons. The monoisotopic (exact) mass is 378 g/mol. The minimum Gasteiger partial charge on any atom is -0.469 e. The zero-order chi connectivity index (χ0) is 20.1. The van der Waals surface area contributed by atoms with E-state index in [0.717, 1.165) is 5.46 Å².